The molecule has 178 valence electrons. The molecular weight excluding hydrogens is 527 g/mol. The predicted octanol–water partition coefficient (Wildman–Crippen LogP) is 6.39. The normalized spacial score (nSPS) is 15.0. The monoisotopic (exact) mass is 554 g/mol. The van der Waals surface area contributed by atoms with Gasteiger partial charge in [-0.1, -0.05) is 61.5 Å². The zero-order chi connectivity index (χ0) is 23.8. The van der Waals surface area contributed by atoms with Crippen molar-refractivity contribution in [2.24, 2.45) is 0 Å². The second-order valence-electron chi connectivity index (χ2n) is 8.28. The van der Waals surface area contributed by atoms with Crippen LogP contribution in [-0.2, 0) is 16.1 Å². The molecule has 33 heavy (non-hydrogen) atoms. The van der Waals surface area contributed by atoms with Gasteiger partial charge in [-0.2, -0.15) is 0 Å². The Morgan fingerprint density at radius 2 is 1.76 bits per heavy atom. The smallest absolute Gasteiger partial charge is 0.261 e. The molecule has 0 aliphatic heterocycles. The van der Waals surface area contributed by atoms with Crippen molar-refractivity contribution in [2.75, 3.05) is 6.61 Å². The van der Waals surface area contributed by atoms with E-state index in [0.29, 0.717) is 26.7 Å². The van der Waals surface area contributed by atoms with Gasteiger partial charge in [-0.15, -0.1) is 0 Å². The standard InChI is InChI=1S/C25H29BrCl2N2O3/c1-2-22(25(32)29-20-6-4-3-5-7-20)30(15-17-8-10-18(27)11-9-17)24(31)16-33-23-13-12-19(28)14-21(23)26/h8-14,20,22H,2-7,15-16H2,1H3,(H,29,32)/t22-/m0/s1. The number of benzene rings is 2. The van der Waals surface area contributed by atoms with E-state index >= 15 is 0 Å². The summed E-state index contributed by atoms with van der Waals surface area (Å²) >= 11 is 15.4. The lowest BCUT2D eigenvalue weighted by Crippen LogP contribution is -2.52. The van der Waals surface area contributed by atoms with Gasteiger partial charge in [0, 0.05) is 22.6 Å². The molecule has 0 radical (unpaired) electrons. The van der Waals surface area contributed by atoms with Gasteiger partial charge >= 0.3 is 0 Å². The van der Waals surface area contributed by atoms with Crippen LogP contribution >= 0.6 is 39.1 Å². The Labute approximate surface area is 213 Å². The molecule has 8 heteroatoms. The maximum atomic E-state index is 13.3. The topological polar surface area (TPSA) is 58.6 Å². The molecule has 1 atom stereocenters. The molecule has 0 unspecified atom stereocenters. The van der Waals surface area contributed by atoms with E-state index in [1.165, 1.54) is 6.42 Å². The summed E-state index contributed by atoms with van der Waals surface area (Å²) in [5.74, 6) is 0.135. The van der Waals surface area contributed by atoms with Crippen LogP contribution in [-0.4, -0.2) is 35.4 Å². The number of nitrogens with zero attached hydrogens (tertiary/aromatic N) is 1. The second-order valence-corrected chi connectivity index (χ2v) is 10.0. The molecule has 1 fully saturated rings. The average molecular weight is 556 g/mol. The van der Waals surface area contributed by atoms with Crippen LogP contribution in [0.15, 0.2) is 46.9 Å². The van der Waals surface area contributed by atoms with Gasteiger partial charge in [0.25, 0.3) is 5.91 Å². The van der Waals surface area contributed by atoms with Crippen molar-refractivity contribution in [2.45, 2.75) is 64.1 Å². The van der Waals surface area contributed by atoms with Gasteiger partial charge in [0.05, 0.1) is 4.47 Å². The van der Waals surface area contributed by atoms with Gasteiger partial charge in [-0.05, 0) is 71.1 Å². The van der Waals surface area contributed by atoms with Gasteiger partial charge in [0.2, 0.25) is 5.91 Å². The number of carbonyl (C=O) groups excluding carboxylic acids is 2. The van der Waals surface area contributed by atoms with Gasteiger partial charge in [-0.3, -0.25) is 9.59 Å². The molecule has 0 aromatic heterocycles. The molecule has 5 nitrogen and oxygen atoms in total. The number of hydrogen-bond acceptors (Lipinski definition) is 3. The fourth-order valence-corrected chi connectivity index (χ4v) is 4.99. The maximum absolute atomic E-state index is 13.3. The molecule has 3 rings (SSSR count). The van der Waals surface area contributed by atoms with Gasteiger partial charge in [0.15, 0.2) is 6.61 Å². The first-order valence-corrected chi connectivity index (χ1v) is 12.8. The van der Waals surface area contributed by atoms with Crippen LogP contribution in [0.1, 0.15) is 51.0 Å². The molecule has 0 heterocycles. The van der Waals surface area contributed by atoms with Crippen molar-refractivity contribution in [1.29, 1.82) is 0 Å². The minimum Gasteiger partial charge on any atom is -0.483 e. The number of carbonyl (C=O) groups is 2. The van der Waals surface area contributed by atoms with Crippen molar-refractivity contribution < 1.29 is 14.3 Å². The van der Waals surface area contributed by atoms with Crippen molar-refractivity contribution in [3.63, 3.8) is 0 Å². The third kappa shape index (κ3) is 7.62. The van der Waals surface area contributed by atoms with E-state index in [1.807, 2.05) is 19.1 Å². The summed E-state index contributed by atoms with van der Waals surface area (Å²) in [5, 5.41) is 4.36. The molecule has 2 amide bonds. The van der Waals surface area contributed by atoms with E-state index < -0.39 is 6.04 Å². The Bertz CT molecular complexity index is 949. The lowest BCUT2D eigenvalue weighted by molar-refractivity contribution is -0.143. The van der Waals surface area contributed by atoms with Crippen LogP contribution in [0.25, 0.3) is 0 Å². The van der Waals surface area contributed by atoms with E-state index in [-0.39, 0.29) is 31.0 Å². The molecule has 2 aromatic rings. The number of amides is 2. The lowest BCUT2D eigenvalue weighted by atomic mass is 9.95. The predicted molar refractivity (Wildman–Crippen MR) is 136 cm³/mol. The van der Waals surface area contributed by atoms with Crippen LogP contribution in [0.3, 0.4) is 0 Å². The highest BCUT2D eigenvalue weighted by molar-refractivity contribution is 9.10. The zero-order valence-electron chi connectivity index (χ0n) is 18.7. The number of hydrogen-bond donors (Lipinski definition) is 1. The minimum atomic E-state index is -0.590. The second kappa shape index (κ2) is 12.6. The number of ether oxygens (including phenoxy) is 1. The molecule has 1 N–H and O–H groups in total. The third-order valence-electron chi connectivity index (χ3n) is 5.85. The maximum Gasteiger partial charge on any atom is 0.261 e. The Balaban J connectivity index is 1.76. The number of nitrogens with one attached hydrogen (secondary N) is 1. The van der Waals surface area contributed by atoms with E-state index in [2.05, 4.69) is 21.2 Å². The molecule has 1 saturated carbocycles. The van der Waals surface area contributed by atoms with Gasteiger partial charge in [0.1, 0.15) is 11.8 Å². The highest BCUT2D eigenvalue weighted by Crippen LogP contribution is 2.28. The highest BCUT2D eigenvalue weighted by atomic mass is 79.9. The fraction of sp³-hybridized carbons (Fsp3) is 0.440. The Morgan fingerprint density at radius 1 is 1.09 bits per heavy atom. The van der Waals surface area contributed by atoms with Crippen molar-refractivity contribution >= 4 is 50.9 Å². The largest absolute Gasteiger partial charge is 0.483 e. The first-order chi connectivity index (χ1) is 15.9. The Kier molecular flexibility index (Phi) is 9.90. The molecule has 0 bridgehead atoms. The Hall–Kier alpha value is -1.76. The van der Waals surface area contributed by atoms with E-state index in [4.69, 9.17) is 27.9 Å². The van der Waals surface area contributed by atoms with Crippen LogP contribution in [0.4, 0.5) is 0 Å². The van der Waals surface area contributed by atoms with Crippen LogP contribution in [0.2, 0.25) is 10.0 Å². The summed E-state index contributed by atoms with van der Waals surface area (Å²) in [5.41, 5.74) is 0.893. The molecule has 0 saturated heterocycles. The van der Waals surface area contributed by atoms with Crippen LogP contribution in [0.5, 0.6) is 5.75 Å². The Morgan fingerprint density at radius 3 is 2.39 bits per heavy atom. The SMILES string of the molecule is CC[C@@H](C(=O)NC1CCCCC1)N(Cc1ccc(Cl)cc1)C(=O)COc1ccc(Cl)cc1Br. The third-order valence-corrected chi connectivity index (χ3v) is 6.96. The van der Waals surface area contributed by atoms with Crippen LogP contribution in [0, 0.1) is 0 Å². The lowest BCUT2D eigenvalue weighted by Gasteiger charge is -2.32. The van der Waals surface area contributed by atoms with Gasteiger partial charge in [-0.25, -0.2) is 0 Å². The minimum absolute atomic E-state index is 0.112. The number of halogens is 3. The molecule has 0 spiro atoms. The average Bonchev–Trinajstić information content (AvgIpc) is 2.80. The van der Waals surface area contributed by atoms with E-state index in [9.17, 15) is 9.59 Å². The fourth-order valence-electron chi connectivity index (χ4n) is 4.06. The summed E-state index contributed by atoms with van der Waals surface area (Å²) in [4.78, 5) is 28.1. The molecule has 2 aromatic carbocycles. The summed E-state index contributed by atoms with van der Waals surface area (Å²) in [6.45, 7) is 2.02. The van der Waals surface area contributed by atoms with Crippen molar-refractivity contribution in [3.8, 4) is 5.75 Å². The summed E-state index contributed by atoms with van der Waals surface area (Å²) in [6.07, 6.45) is 5.94. The highest BCUT2D eigenvalue weighted by Gasteiger charge is 2.30. The summed E-state index contributed by atoms with van der Waals surface area (Å²) < 4.78 is 6.43. The first-order valence-electron chi connectivity index (χ1n) is 11.3. The summed E-state index contributed by atoms with van der Waals surface area (Å²) in [6, 6.07) is 12.0. The zero-order valence-corrected chi connectivity index (χ0v) is 21.8. The van der Waals surface area contributed by atoms with E-state index in [1.54, 1.807) is 35.2 Å². The summed E-state index contributed by atoms with van der Waals surface area (Å²) in [7, 11) is 0. The molecule has 1 aliphatic carbocycles. The molecule has 1 aliphatic rings. The van der Waals surface area contributed by atoms with E-state index in [0.717, 1.165) is 31.2 Å². The number of rotatable bonds is 9. The van der Waals surface area contributed by atoms with Crippen molar-refractivity contribution in [3.05, 3.63) is 62.5 Å². The van der Waals surface area contributed by atoms with Gasteiger partial charge < -0.3 is 15.0 Å². The van der Waals surface area contributed by atoms with Crippen molar-refractivity contribution in [1.82, 2.24) is 10.2 Å². The van der Waals surface area contributed by atoms with Crippen LogP contribution < -0.4 is 10.1 Å². The quantitative estimate of drug-likeness (QED) is 0.390. The first kappa shape index (κ1) is 25.9. The molecular formula is C25H29BrCl2N2O3.